The van der Waals surface area contributed by atoms with Crippen LogP contribution in [0.15, 0.2) is 48.5 Å². The molecule has 0 unspecified atom stereocenters. The predicted molar refractivity (Wildman–Crippen MR) is 106 cm³/mol. The summed E-state index contributed by atoms with van der Waals surface area (Å²) in [4.78, 5) is 16.5. The van der Waals surface area contributed by atoms with Crippen LogP contribution in [0.2, 0.25) is 0 Å². The highest BCUT2D eigenvalue weighted by molar-refractivity contribution is 5.92. The van der Waals surface area contributed by atoms with Gasteiger partial charge in [-0.1, -0.05) is 12.1 Å². The van der Waals surface area contributed by atoms with Gasteiger partial charge in [0.25, 0.3) is 0 Å². The number of carbonyl (C=O) groups excluding carboxylic acids is 1. The van der Waals surface area contributed by atoms with Gasteiger partial charge >= 0.3 is 0 Å². The van der Waals surface area contributed by atoms with E-state index in [1.807, 2.05) is 54.4 Å². The lowest BCUT2D eigenvalue weighted by Crippen LogP contribution is -2.36. The van der Waals surface area contributed by atoms with E-state index in [1.165, 1.54) is 0 Å². The Kier molecular flexibility index (Phi) is 6.42. The molecule has 1 aliphatic heterocycles. The van der Waals surface area contributed by atoms with E-state index in [1.54, 1.807) is 6.07 Å². The number of carbonyl (C=O) groups is 1. The zero-order valence-electron chi connectivity index (χ0n) is 15.5. The lowest BCUT2D eigenvalue weighted by atomic mass is 10.1. The number of nitriles is 1. The molecule has 1 amide bonds. The third kappa shape index (κ3) is 5.55. The number of morpholine rings is 1. The van der Waals surface area contributed by atoms with Crippen LogP contribution in [0.25, 0.3) is 0 Å². The topological polar surface area (TPSA) is 68.6 Å². The van der Waals surface area contributed by atoms with Crippen molar-refractivity contribution in [2.45, 2.75) is 6.54 Å². The minimum atomic E-state index is -0.0620. The third-order valence-corrected chi connectivity index (χ3v) is 4.45. The average molecular weight is 364 g/mol. The van der Waals surface area contributed by atoms with Gasteiger partial charge in [-0.15, -0.1) is 0 Å². The maximum absolute atomic E-state index is 12.3. The Morgan fingerprint density at radius 3 is 2.67 bits per heavy atom. The second-order valence-corrected chi connectivity index (χ2v) is 6.68. The quantitative estimate of drug-likeness (QED) is 0.853. The highest BCUT2D eigenvalue weighted by Gasteiger charge is 2.12. The van der Waals surface area contributed by atoms with Crippen LogP contribution in [-0.2, 0) is 16.1 Å². The first-order valence-electron chi connectivity index (χ1n) is 9.04. The number of hydrogen-bond donors (Lipinski definition) is 1. The molecule has 140 valence electrons. The first kappa shape index (κ1) is 18.9. The van der Waals surface area contributed by atoms with Crippen molar-refractivity contribution in [3.63, 3.8) is 0 Å². The van der Waals surface area contributed by atoms with Crippen LogP contribution in [0.4, 0.5) is 11.4 Å². The molecule has 0 radical (unpaired) electrons. The second-order valence-electron chi connectivity index (χ2n) is 6.68. The van der Waals surface area contributed by atoms with Crippen molar-refractivity contribution in [3.05, 3.63) is 59.7 Å². The maximum atomic E-state index is 12.3. The molecule has 0 aliphatic carbocycles. The summed E-state index contributed by atoms with van der Waals surface area (Å²) in [6, 6.07) is 17.5. The first-order chi connectivity index (χ1) is 13.1. The van der Waals surface area contributed by atoms with Crippen LogP contribution < -0.4 is 10.2 Å². The molecule has 6 nitrogen and oxygen atoms in total. The predicted octanol–water partition coefficient (Wildman–Crippen LogP) is 2.47. The molecule has 0 saturated carbocycles. The Labute approximate surface area is 160 Å². The van der Waals surface area contributed by atoms with Gasteiger partial charge in [0.2, 0.25) is 5.91 Å². The standard InChI is InChI=1S/C21H24N4O2/c1-24(15-18-4-2-3-17(13-18)14-22)16-21(26)23-19-5-7-20(8-6-19)25-9-11-27-12-10-25/h2-8,13H,9-12,15-16H2,1H3,(H,23,26). The van der Waals surface area contributed by atoms with Crippen LogP contribution in [0.3, 0.4) is 0 Å². The molecule has 2 aromatic rings. The Morgan fingerprint density at radius 1 is 1.22 bits per heavy atom. The molecule has 1 heterocycles. The van der Waals surface area contributed by atoms with E-state index in [2.05, 4.69) is 16.3 Å². The fourth-order valence-electron chi connectivity index (χ4n) is 3.13. The van der Waals surface area contributed by atoms with Gasteiger partial charge in [0.05, 0.1) is 31.4 Å². The van der Waals surface area contributed by atoms with Crippen molar-refractivity contribution >= 4 is 17.3 Å². The van der Waals surface area contributed by atoms with Crippen LogP contribution >= 0.6 is 0 Å². The average Bonchev–Trinajstić information content (AvgIpc) is 2.69. The van der Waals surface area contributed by atoms with Crippen LogP contribution in [0.5, 0.6) is 0 Å². The molecule has 1 saturated heterocycles. The van der Waals surface area contributed by atoms with E-state index in [0.717, 1.165) is 43.2 Å². The number of amides is 1. The van der Waals surface area contributed by atoms with Crippen molar-refractivity contribution < 1.29 is 9.53 Å². The van der Waals surface area contributed by atoms with E-state index in [4.69, 9.17) is 10.00 Å². The van der Waals surface area contributed by atoms with Gasteiger partial charge in [-0.25, -0.2) is 0 Å². The molecule has 27 heavy (non-hydrogen) atoms. The molecule has 3 rings (SSSR count). The molecular formula is C21H24N4O2. The maximum Gasteiger partial charge on any atom is 0.238 e. The normalized spacial score (nSPS) is 14.0. The van der Waals surface area contributed by atoms with Crippen LogP contribution in [-0.4, -0.2) is 50.7 Å². The summed E-state index contributed by atoms with van der Waals surface area (Å²) in [5.74, 6) is -0.0620. The minimum Gasteiger partial charge on any atom is -0.378 e. The summed E-state index contributed by atoms with van der Waals surface area (Å²) < 4.78 is 5.37. The summed E-state index contributed by atoms with van der Waals surface area (Å²) in [5, 5.41) is 11.9. The van der Waals surface area contributed by atoms with Crippen LogP contribution in [0.1, 0.15) is 11.1 Å². The van der Waals surface area contributed by atoms with Gasteiger partial charge in [0.1, 0.15) is 0 Å². The molecule has 6 heteroatoms. The molecule has 0 aromatic heterocycles. The Bertz CT molecular complexity index is 808. The van der Waals surface area contributed by atoms with Gasteiger partial charge < -0.3 is 15.0 Å². The van der Waals surface area contributed by atoms with Crippen molar-refractivity contribution in [1.82, 2.24) is 4.90 Å². The lowest BCUT2D eigenvalue weighted by Gasteiger charge is -2.28. The van der Waals surface area contributed by atoms with E-state index in [0.29, 0.717) is 12.1 Å². The summed E-state index contributed by atoms with van der Waals surface area (Å²) in [5.41, 5.74) is 3.58. The Hall–Kier alpha value is -2.88. The fraction of sp³-hybridized carbons (Fsp3) is 0.333. The Morgan fingerprint density at radius 2 is 1.96 bits per heavy atom. The number of rotatable bonds is 6. The van der Waals surface area contributed by atoms with Crippen molar-refractivity contribution in [2.24, 2.45) is 0 Å². The summed E-state index contributed by atoms with van der Waals surface area (Å²) in [6.45, 7) is 4.18. The van der Waals surface area contributed by atoms with Crippen molar-refractivity contribution in [3.8, 4) is 6.07 Å². The number of benzene rings is 2. The largest absolute Gasteiger partial charge is 0.378 e. The van der Waals surface area contributed by atoms with E-state index < -0.39 is 0 Å². The van der Waals surface area contributed by atoms with E-state index >= 15 is 0 Å². The number of likely N-dealkylation sites (N-methyl/N-ethyl adjacent to an activating group) is 1. The van der Waals surface area contributed by atoms with E-state index in [9.17, 15) is 4.79 Å². The van der Waals surface area contributed by atoms with Gasteiger partial charge in [-0.3, -0.25) is 9.69 Å². The molecule has 0 atom stereocenters. The summed E-state index contributed by atoms with van der Waals surface area (Å²) in [7, 11) is 1.89. The smallest absolute Gasteiger partial charge is 0.238 e. The molecule has 0 bridgehead atoms. The van der Waals surface area contributed by atoms with Crippen molar-refractivity contribution in [1.29, 1.82) is 5.26 Å². The monoisotopic (exact) mass is 364 g/mol. The lowest BCUT2D eigenvalue weighted by molar-refractivity contribution is -0.117. The fourth-order valence-corrected chi connectivity index (χ4v) is 3.13. The Balaban J connectivity index is 1.50. The minimum absolute atomic E-state index is 0.0620. The highest BCUT2D eigenvalue weighted by atomic mass is 16.5. The van der Waals surface area contributed by atoms with Gasteiger partial charge in [0.15, 0.2) is 0 Å². The summed E-state index contributed by atoms with van der Waals surface area (Å²) in [6.07, 6.45) is 0. The second kappa shape index (κ2) is 9.17. The number of hydrogen-bond acceptors (Lipinski definition) is 5. The SMILES string of the molecule is CN(CC(=O)Nc1ccc(N2CCOCC2)cc1)Cc1cccc(C#N)c1. The zero-order chi connectivity index (χ0) is 19.1. The molecule has 1 N–H and O–H groups in total. The first-order valence-corrected chi connectivity index (χ1v) is 9.04. The van der Waals surface area contributed by atoms with Crippen molar-refractivity contribution in [2.75, 3.05) is 50.1 Å². The number of ether oxygens (including phenoxy) is 1. The zero-order valence-corrected chi connectivity index (χ0v) is 15.5. The van der Waals surface area contributed by atoms with Crippen LogP contribution in [0, 0.1) is 11.3 Å². The molecule has 0 spiro atoms. The highest BCUT2D eigenvalue weighted by Crippen LogP contribution is 2.19. The number of anilines is 2. The number of nitrogens with one attached hydrogen (secondary N) is 1. The molecule has 2 aromatic carbocycles. The van der Waals surface area contributed by atoms with Gasteiger partial charge in [-0.05, 0) is 49.0 Å². The molecule has 1 aliphatic rings. The number of nitrogens with zero attached hydrogens (tertiary/aromatic N) is 3. The third-order valence-electron chi connectivity index (χ3n) is 4.45. The van der Waals surface area contributed by atoms with Gasteiger partial charge in [0, 0.05) is 31.0 Å². The summed E-state index contributed by atoms with van der Waals surface area (Å²) >= 11 is 0. The molecule has 1 fully saturated rings. The van der Waals surface area contributed by atoms with E-state index in [-0.39, 0.29) is 12.5 Å². The molecular weight excluding hydrogens is 340 g/mol. The van der Waals surface area contributed by atoms with Gasteiger partial charge in [-0.2, -0.15) is 5.26 Å².